The van der Waals surface area contributed by atoms with Gasteiger partial charge in [0.2, 0.25) is 0 Å². The summed E-state index contributed by atoms with van der Waals surface area (Å²) in [4.78, 5) is 0. The predicted molar refractivity (Wildman–Crippen MR) is 139 cm³/mol. The van der Waals surface area contributed by atoms with E-state index in [9.17, 15) is 0 Å². The third-order valence-corrected chi connectivity index (χ3v) is 5.26. The first-order valence-corrected chi connectivity index (χ1v) is 13.6. The van der Waals surface area contributed by atoms with Gasteiger partial charge in [0.25, 0.3) is 0 Å². The minimum absolute atomic E-state index is 0. The summed E-state index contributed by atoms with van der Waals surface area (Å²) < 4.78 is 28.2. The Kier molecular flexibility index (Phi) is 41.5. The summed E-state index contributed by atoms with van der Waals surface area (Å²) in [6.07, 6.45) is -4.21. The van der Waals surface area contributed by atoms with Crippen LogP contribution in [0, 0.1) is 0 Å². The molecule has 0 aliphatic carbocycles. The predicted octanol–water partition coefficient (Wildman–Crippen LogP) is -6.32. The van der Waals surface area contributed by atoms with Crippen LogP contribution in [0.25, 0.3) is 0 Å². The zero-order valence-corrected chi connectivity index (χ0v) is 38.4. The van der Waals surface area contributed by atoms with Crippen molar-refractivity contribution in [3.8, 4) is 0 Å². The van der Waals surface area contributed by atoms with Crippen molar-refractivity contribution in [2.45, 2.75) is 113 Å². The number of rotatable bonds is 12. The first kappa shape index (κ1) is 58.1. The van der Waals surface area contributed by atoms with Gasteiger partial charge in [-0.2, -0.15) is 0 Å². The van der Waals surface area contributed by atoms with Gasteiger partial charge in [-0.25, -0.2) is 0 Å². The molecule has 6 saturated heterocycles. The Morgan fingerprint density at radius 3 is 0.404 bits per heavy atom. The molecule has 0 aromatic carbocycles. The van der Waals surface area contributed by atoms with E-state index in [-0.39, 0.29) is 120 Å². The van der Waals surface area contributed by atoms with Gasteiger partial charge in [-0.3, -0.25) is 0 Å². The zero-order chi connectivity index (χ0) is 31.7. The maximum atomic E-state index is 8.24. The first-order valence-electron chi connectivity index (χ1n) is 13.6. The second-order valence-electron chi connectivity index (χ2n) is 10.0. The fraction of sp³-hybridized carbons (Fsp3) is 1.00. The summed E-state index contributed by atoms with van der Waals surface area (Å²) in [7, 11) is 0. The van der Waals surface area contributed by atoms with E-state index in [1.807, 2.05) is 0 Å². The summed E-state index contributed by atoms with van der Waals surface area (Å²) >= 11 is 0. The van der Waals surface area contributed by atoms with Gasteiger partial charge in [-0.1, -0.05) is 0 Å². The number of hydrogen-bond donors (Lipinski definition) is 12. The van der Waals surface area contributed by atoms with Gasteiger partial charge in [0.1, 0.15) is 0 Å². The maximum Gasteiger partial charge on any atom is 0.154 e. The molecule has 19 nitrogen and oxygen atoms in total. The molecule has 6 aliphatic heterocycles. The average molecular weight is 904 g/mol. The van der Waals surface area contributed by atoms with Crippen molar-refractivity contribution in [3.05, 3.63) is 0 Å². The van der Waals surface area contributed by atoms with Crippen LogP contribution >= 0.6 is 0 Å². The number of epoxide rings is 6. The second kappa shape index (κ2) is 33.6. The van der Waals surface area contributed by atoms with E-state index >= 15 is 0 Å². The molecule has 0 aromatic heterocycles. The third kappa shape index (κ3) is 52.2. The molecule has 6 heterocycles. The molecule has 6 unspecified atom stereocenters. The monoisotopic (exact) mass is 898 g/mol. The summed E-state index contributed by atoms with van der Waals surface area (Å²) in [5.74, 6) is 0. The van der Waals surface area contributed by atoms with E-state index < -0.39 is 37.7 Å². The van der Waals surface area contributed by atoms with Crippen LogP contribution in [-0.4, -0.2) is 181 Å². The Labute approximate surface area is 323 Å². The van der Waals surface area contributed by atoms with Crippen LogP contribution in [0.5, 0.6) is 0 Å². The maximum absolute atomic E-state index is 8.24. The summed E-state index contributed by atoms with van der Waals surface area (Å²) in [6, 6.07) is 0. The summed E-state index contributed by atoms with van der Waals surface area (Å²) in [5.41, 5.74) is 0. The molecule has 0 spiro atoms. The number of ether oxygens (including phenoxy) is 6. The van der Waals surface area contributed by atoms with Crippen molar-refractivity contribution < 1.29 is 173 Å². The molecule has 6 rings (SSSR count). The Bertz CT molecular complexity index is 508. The zero-order valence-electron chi connectivity index (χ0n) is 26.6. The van der Waals surface area contributed by atoms with Gasteiger partial charge in [-0.15, -0.1) is 0 Å². The molecule has 6 atom stereocenters. The van der Waals surface area contributed by atoms with E-state index in [1.165, 1.54) is 0 Å². The number of aliphatic hydroxyl groups excluding tert-OH is 6. The molecule has 23 heteroatoms. The topological polar surface area (TPSA) is 349 Å². The van der Waals surface area contributed by atoms with Crippen LogP contribution in [0.4, 0.5) is 0 Å². The second-order valence-corrected chi connectivity index (χ2v) is 10.0. The Hall–Kier alpha value is 1.73. The van der Waals surface area contributed by atoms with Gasteiger partial charge in [-0.05, 0) is 0 Å². The van der Waals surface area contributed by atoms with Gasteiger partial charge >= 0.3 is 0 Å². The normalized spacial score (nSPS) is 25.7. The molecule has 0 amide bonds. The standard InChI is InChI=1S/6C4H8O3.H2O.4Zn/c6*5-4(6)1-3-2-7-3;;;;;/h6*3-6H,1-2H2;1H2;;;;. The van der Waals surface area contributed by atoms with Crippen molar-refractivity contribution in [3.63, 3.8) is 0 Å². The van der Waals surface area contributed by atoms with E-state index in [2.05, 4.69) is 0 Å². The van der Waals surface area contributed by atoms with Crippen molar-refractivity contribution in [1.82, 2.24) is 0 Å². The quantitative estimate of drug-likeness (QED) is 0.0492. The Morgan fingerprint density at radius 1 is 0.298 bits per heavy atom. The van der Waals surface area contributed by atoms with Crippen LogP contribution in [0.3, 0.4) is 0 Å². The first-order chi connectivity index (χ1) is 19.7. The van der Waals surface area contributed by atoms with E-state index in [1.54, 1.807) is 0 Å². The fourth-order valence-electron chi connectivity index (χ4n) is 2.64. The molecule has 268 valence electrons. The van der Waals surface area contributed by atoms with Gasteiger partial charge in [0.15, 0.2) is 37.7 Å². The summed E-state index contributed by atoms with van der Waals surface area (Å²) in [5, 5.41) is 98.9. The molecule has 47 heavy (non-hydrogen) atoms. The SMILES string of the molecule is O.OC(O)CC1CO1.OC(O)CC1CO1.OC(O)CC1CO1.OC(O)CC1CO1.OC(O)CC1CO1.OC(O)CC1CO1.[Zn].[Zn].[Zn].[Zn]. The Balaban J connectivity index is -0.000000147. The molecular weight excluding hydrogens is 854 g/mol. The van der Waals surface area contributed by atoms with E-state index in [4.69, 9.17) is 89.7 Å². The molecule has 0 aromatic rings. The molecule has 0 saturated carbocycles. The van der Waals surface area contributed by atoms with Crippen LogP contribution in [-0.2, 0) is 106 Å². The van der Waals surface area contributed by atoms with Gasteiger partial charge < -0.3 is 95.2 Å². The minimum Gasteiger partial charge on any atom is -0.412 e. The average Bonchev–Trinajstić information content (AvgIpc) is 3.60. The van der Waals surface area contributed by atoms with Crippen molar-refractivity contribution >= 4 is 0 Å². The molecule has 14 N–H and O–H groups in total. The van der Waals surface area contributed by atoms with Crippen LogP contribution in [0.15, 0.2) is 0 Å². The van der Waals surface area contributed by atoms with Gasteiger partial charge in [0.05, 0.1) is 76.3 Å². The van der Waals surface area contributed by atoms with Crippen molar-refractivity contribution in [2.75, 3.05) is 39.6 Å². The molecular formula is C24H50O19Zn4. The number of aliphatic hydroxyl groups is 12. The smallest absolute Gasteiger partial charge is 0.154 e. The number of hydrogen-bond acceptors (Lipinski definition) is 18. The molecule has 0 bridgehead atoms. The third-order valence-electron chi connectivity index (χ3n) is 5.26. The summed E-state index contributed by atoms with van der Waals surface area (Å²) in [6.45, 7) is 4.15. The minimum atomic E-state index is -1.19. The molecule has 6 aliphatic rings. The van der Waals surface area contributed by atoms with Gasteiger partial charge in [0, 0.05) is 116 Å². The fourth-order valence-corrected chi connectivity index (χ4v) is 2.64. The van der Waals surface area contributed by atoms with E-state index in [0.29, 0.717) is 78.2 Å². The van der Waals surface area contributed by atoms with Crippen LogP contribution < -0.4 is 0 Å². The molecule has 0 radical (unpaired) electrons. The van der Waals surface area contributed by atoms with Crippen LogP contribution in [0.2, 0.25) is 0 Å². The van der Waals surface area contributed by atoms with E-state index in [0.717, 1.165) is 0 Å². The van der Waals surface area contributed by atoms with Crippen LogP contribution in [0.1, 0.15) is 38.5 Å². The largest absolute Gasteiger partial charge is 0.412 e. The van der Waals surface area contributed by atoms with Crippen molar-refractivity contribution in [2.24, 2.45) is 0 Å². The van der Waals surface area contributed by atoms with Crippen molar-refractivity contribution in [1.29, 1.82) is 0 Å². The molecule has 6 fully saturated rings. The Morgan fingerprint density at radius 2 is 0.383 bits per heavy atom.